The Kier molecular flexibility index (Phi) is 9.48. The number of amides is 1. The number of ether oxygens (including phenoxy) is 1. The fraction of sp³-hybridized carbons (Fsp3) is 0.469. The number of nitrogens with zero attached hydrogens (tertiary/aromatic N) is 3. The number of aryl methyl sites for hydroxylation is 2. The van der Waals surface area contributed by atoms with Crippen LogP contribution in [0.5, 0.6) is 5.88 Å². The standard InChI is InChI=1S/C32H42N4O6S/c1-21-10-7-11-22(2)28(21)26-19-27-34-30(33-26)35-43(40,41)25-13-8-12-23(18-25)29(37)36(17-9-15-31(3,4)38)24(20-42-27)14-16-32(5,6)39/h7-8,10-13,18-19,24,38-39H,9,14-17,20H2,1-6H3,(H,33,34,35)/t24-/m1/s1. The Hall–Kier alpha value is -3.54. The maximum atomic E-state index is 14.0. The second kappa shape index (κ2) is 12.6. The summed E-state index contributed by atoms with van der Waals surface area (Å²) in [6, 6.07) is 12.9. The quantitative estimate of drug-likeness (QED) is 0.328. The van der Waals surface area contributed by atoms with Crippen molar-refractivity contribution in [1.82, 2.24) is 14.9 Å². The molecule has 3 N–H and O–H groups in total. The highest BCUT2D eigenvalue weighted by Gasteiger charge is 2.30. The topological polar surface area (TPSA) is 142 Å². The molecule has 0 spiro atoms. The number of fused-ring (bicyclic) bond motifs is 4. The van der Waals surface area contributed by atoms with E-state index in [9.17, 15) is 23.4 Å². The molecule has 2 aromatic carbocycles. The third-order valence-electron chi connectivity index (χ3n) is 7.46. The maximum absolute atomic E-state index is 14.0. The Balaban J connectivity index is 1.85. The highest BCUT2D eigenvalue weighted by molar-refractivity contribution is 7.92. The van der Waals surface area contributed by atoms with Crippen molar-refractivity contribution in [2.75, 3.05) is 17.9 Å². The van der Waals surface area contributed by atoms with Gasteiger partial charge >= 0.3 is 0 Å². The number of benzene rings is 2. The summed E-state index contributed by atoms with van der Waals surface area (Å²) < 4.78 is 35.7. The normalized spacial score (nSPS) is 17.3. The number of aromatic nitrogens is 2. The number of hydrogen-bond donors (Lipinski definition) is 3. The maximum Gasteiger partial charge on any atom is 0.264 e. The van der Waals surface area contributed by atoms with Gasteiger partial charge in [0.1, 0.15) is 6.61 Å². The molecule has 1 aromatic heterocycles. The largest absolute Gasteiger partial charge is 0.475 e. The number of sulfonamides is 1. The van der Waals surface area contributed by atoms with Crippen LogP contribution in [0.3, 0.4) is 0 Å². The molecule has 1 aliphatic rings. The van der Waals surface area contributed by atoms with E-state index in [-0.39, 0.29) is 34.8 Å². The predicted octanol–water partition coefficient (Wildman–Crippen LogP) is 4.87. The summed E-state index contributed by atoms with van der Waals surface area (Å²) >= 11 is 0. The van der Waals surface area contributed by atoms with Crippen LogP contribution in [0.2, 0.25) is 0 Å². The number of anilines is 1. The predicted molar refractivity (Wildman–Crippen MR) is 166 cm³/mol. The summed E-state index contributed by atoms with van der Waals surface area (Å²) in [6.07, 6.45) is 1.75. The van der Waals surface area contributed by atoms with E-state index in [0.29, 0.717) is 37.9 Å². The van der Waals surface area contributed by atoms with E-state index in [1.165, 1.54) is 18.2 Å². The van der Waals surface area contributed by atoms with Crippen molar-refractivity contribution >= 4 is 21.9 Å². The third-order valence-corrected chi connectivity index (χ3v) is 8.78. The molecular weight excluding hydrogens is 568 g/mol. The lowest BCUT2D eigenvalue weighted by Gasteiger charge is -2.34. The van der Waals surface area contributed by atoms with Crippen LogP contribution < -0.4 is 9.46 Å². The molecule has 1 amide bonds. The lowest BCUT2D eigenvalue weighted by atomic mass is 9.97. The second-order valence-corrected chi connectivity index (χ2v) is 14.2. The van der Waals surface area contributed by atoms with E-state index in [4.69, 9.17) is 4.74 Å². The molecular formula is C32H42N4O6S. The molecule has 0 aliphatic carbocycles. The number of hydrogen-bond acceptors (Lipinski definition) is 8. The molecule has 0 radical (unpaired) electrons. The highest BCUT2D eigenvalue weighted by atomic mass is 32.2. The summed E-state index contributed by atoms with van der Waals surface area (Å²) in [5, 5.41) is 20.9. The van der Waals surface area contributed by atoms with Crippen LogP contribution in [0, 0.1) is 13.8 Å². The summed E-state index contributed by atoms with van der Waals surface area (Å²) in [5.41, 5.74) is 1.53. The molecule has 11 heteroatoms. The second-order valence-electron chi connectivity index (χ2n) is 12.5. The summed E-state index contributed by atoms with van der Waals surface area (Å²) in [7, 11) is -4.17. The van der Waals surface area contributed by atoms with Gasteiger partial charge in [0.2, 0.25) is 11.8 Å². The Labute approximate surface area is 254 Å². The molecule has 43 heavy (non-hydrogen) atoms. The van der Waals surface area contributed by atoms with Gasteiger partial charge in [-0.15, -0.1) is 0 Å². The minimum absolute atomic E-state index is 0.0411. The van der Waals surface area contributed by atoms with E-state index in [2.05, 4.69) is 14.7 Å². The average molecular weight is 611 g/mol. The fourth-order valence-electron chi connectivity index (χ4n) is 5.19. The number of carbonyl (C=O) groups is 1. The van der Waals surface area contributed by atoms with Crippen molar-refractivity contribution in [3.05, 3.63) is 65.2 Å². The van der Waals surface area contributed by atoms with E-state index >= 15 is 0 Å². The van der Waals surface area contributed by atoms with Crippen molar-refractivity contribution in [3.8, 4) is 17.1 Å². The molecule has 4 rings (SSSR count). The minimum atomic E-state index is -4.17. The van der Waals surface area contributed by atoms with Crippen LogP contribution in [0.15, 0.2) is 53.4 Å². The van der Waals surface area contributed by atoms with Crippen LogP contribution in [0.4, 0.5) is 5.95 Å². The first-order valence-electron chi connectivity index (χ1n) is 14.5. The van der Waals surface area contributed by atoms with Crippen LogP contribution in [0.1, 0.15) is 74.9 Å². The van der Waals surface area contributed by atoms with Gasteiger partial charge in [-0.25, -0.2) is 18.1 Å². The van der Waals surface area contributed by atoms with Crippen molar-refractivity contribution in [3.63, 3.8) is 0 Å². The van der Waals surface area contributed by atoms with Gasteiger partial charge < -0.3 is 19.8 Å². The molecule has 1 aliphatic heterocycles. The van der Waals surface area contributed by atoms with Crippen LogP contribution in [0.25, 0.3) is 11.3 Å². The number of carbonyl (C=O) groups excluding carboxylic acids is 1. The van der Waals surface area contributed by atoms with E-state index in [0.717, 1.165) is 16.7 Å². The van der Waals surface area contributed by atoms with Gasteiger partial charge in [0, 0.05) is 23.7 Å². The van der Waals surface area contributed by atoms with Crippen LogP contribution >= 0.6 is 0 Å². The Morgan fingerprint density at radius 2 is 1.63 bits per heavy atom. The molecule has 0 saturated heterocycles. The fourth-order valence-corrected chi connectivity index (χ4v) is 6.18. The van der Waals surface area contributed by atoms with Gasteiger partial charge in [-0.2, -0.15) is 4.98 Å². The molecule has 3 aromatic rings. The van der Waals surface area contributed by atoms with Gasteiger partial charge in [0.25, 0.3) is 15.9 Å². The molecule has 0 saturated carbocycles. The Morgan fingerprint density at radius 3 is 2.28 bits per heavy atom. The Bertz CT molecular complexity index is 1560. The molecule has 2 heterocycles. The monoisotopic (exact) mass is 610 g/mol. The summed E-state index contributed by atoms with van der Waals surface area (Å²) in [6.45, 7) is 11.1. The van der Waals surface area contributed by atoms with Crippen molar-refractivity contribution in [2.45, 2.75) is 89.4 Å². The minimum Gasteiger partial charge on any atom is -0.475 e. The van der Waals surface area contributed by atoms with Crippen LogP contribution in [-0.4, -0.2) is 69.8 Å². The lowest BCUT2D eigenvalue weighted by Crippen LogP contribution is -2.45. The SMILES string of the molecule is Cc1cccc(C)c1-c1cc2nc(n1)NS(=O)(=O)c1cccc(c1)C(=O)N(CCCC(C)(C)O)[C@H](CCC(C)(C)O)CO2. The van der Waals surface area contributed by atoms with Gasteiger partial charge in [-0.1, -0.05) is 24.3 Å². The molecule has 0 fully saturated rings. The first-order valence-corrected chi connectivity index (χ1v) is 16.0. The average Bonchev–Trinajstić information content (AvgIpc) is 2.89. The van der Waals surface area contributed by atoms with Crippen molar-refractivity contribution < 1.29 is 28.2 Å². The van der Waals surface area contributed by atoms with Crippen LogP contribution in [-0.2, 0) is 10.0 Å². The lowest BCUT2D eigenvalue weighted by molar-refractivity contribution is 0.0349. The van der Waals surface area contributed by atoms with Gasteiger partial charge in [0.15, 0.2) is 0 Å². The van der Waals surface area contributed by atoms with Crippen molar-refractivity contribution in [1.29, 1.82) is 0 Å². The smallest absolute Gasteiger partial charge is 0.264 e. The van der Waals surface area contributed by atoms with E-state index in [1.54, 1.807) is 44.7 Å². The summed E-state index contributed by atoms with van der Waals surface area (Å²) in [5.74, 6) is -0.375. The Morgan fingerprint density at radius 1 is 0.977 bits per heavy atom. The zero-order valence-corrected chi connectivity index (χ0v) is 26.5. The van der Waals surface area contributed by atoms with E-state index in [1.807, 2.05) is 32.0 Å². The van der Waals surface area contributed by atoms with Gasteiger partial charge in [-0.05, 0) is 96.6 Å². The molecule has 1 atom stereocenters. The van der Waals surface area contributed by atoms with Crippen molar-refractivity contribution in [2.24, 2.45) is 0 Å². The third kappa shape index (κ3) is 8.52. The first-order chi connectivity index (χ1) is 20.0. The summed E-state index contributed by atoms with van der Waals surface area (Å²) in [4.78, 5) is 24.5. The zero-order chi connectivity index (χ0) is 31.6. The number of aliphatic hydroxyl groups is 2. The molecule has 4 bridgehead atoms. The first kappa shape index (κ1) is 32.4. The van der Waals surface area contributed by atoms with Gasteiger partial charge in [-0.3, -0.25) is 4.79 Å². The zero-order valence-electron chi connectivity index (χ0n) is 25.7. The molecule has 0 unspecified atom stereocenters. The molecule has 10 nitrogen and oxygen atoms in total. The number of nitrogens with one attached hydrogen (secondary N) is 1. The van der Waals surface area contributed by atoms with E-state index < -0.39 is 27.3 Å². The highest BCUT2D eigenvalue weighted by Crippen LogP contribution is 2.30. The molecule has 232 valence electrons. The number of rotatable bonds is 8. The van der Waals surface area contributed by atoms with Gasteiger partial charge in [0.05, 0.1) is 27.8 Å².